The van der Waals surface area contributed by atoms with Crippen LogP contribution in [0.4, 0.5) is 0 Å². The maximum atomic E-state index is 5.99. The zero-order chi connectivity index (χ0) is 18.4. The van der Waals surface area contributed by atoms with E-state index in [1.807, 2.05) is 31.3 Å². The Balaban J connectivity index is 1.48. The van der Waals surface area contributed by atoms with E-state index in [0.717, 1.165) is 10.6 Å². The summed E-state index contributed by atoms with van der Waals surface area (Å²) in [5.74, 6) is 1.79. The first-order chi connectivity index (χ1) is 12.6. The number of rotatable bonds is 6. The molecule has 0 saturated heterocycles. The summed E-state index contributed by atoms with van der Waals surface area (Å²) in [4.78, 5) is 14.1. The van der Waals surface area contributed by atoms with E-state index >= 15 is 0 Å². The lowest BCUT2D eigenvalue weighted by atomic mass is 10.2. The van der Waals surface area contributed by atoms with Gasteiger partial charge in [0.25, 0.3) is 0 Å². The molecule has 2 heterocycles. The van der Waals surface area contributed by atoms with Gasteiger partial charge in [-0.3, -0.25) is 4.99 Å². The molecule has 0 radical (unpaired) electrons. The second-order valence-electron chi connectivity index (χ2n) is 5.49. The number of aliphatic imine (C=N–C) groups is 1. The summed E-state index contributed by atoms with van der Waals surface area (Å²) in [6.07, 6.45) is 2.45. The van der Waals surface area contributed by atoms with Crippen LogP contribution in [0.2, 0.25) is 5.02 Å². The molecule has 0 aliphatic rings. The Morgan fingerprint density at radius 3 is 2.96 bits per heavy atom. The van der Waals surface area contributed by atoms with E-state index in [0.29, 0.717) is 42.2 Å². The van der Waals surface area contributed by atoms with Gasteiger partial charge in [0.1, 0.15) is 5.01 Å². The number of aromatic nitrogens is 3. The zero-order valence-electron chi connectivity index (χ0n) is 14.5. The van der Waals surface area contributed by atoms with E-state index in [2.05, 4.69) is 30.8 Å². The molecule has 0 amide bonds. The predicted octanol–water partition coefficient (Wildman–Crippen LogP) is 3.06. The van der Waals surface area contributed by atoms with Crippen LogP contribution in [0.3, 0.4) is 0 Å². The van der Waals surface area contributed by atoms with Crippen LogP contribution < -0.4 is 10.6 Å². The number of nitrogens with one attached hydrogen (secondary N) is 2. The minimum Gasteiger partial charge on any atom is -0.356 e. The van der Waals surface area contributed by atoms with E-state index in [9.17, 15) is 0 Å². The molecule has 7 nitrogen and oxygen atoms in total. The molecule has 0 bridgehead atoms. The van der Waals surface area contributed by atoms with Crippen LogP contribution >= 0.6 is 22.9 Å². The topological polar surface area (TPSA) is 88.2 Å². The van der Waals surface area contributed by atoms with Crippen LogP contribution in [0.15, 0.2) is 40.0 Å². The molecule has 3 rings (SSSR count). The van der Waals surface area contributed by atoms with Crippen LogP contribution in [-0.2, 0) is 13.0 Å². The fourth-order valence-corrected chi connectivity index (χ4v) is 3.17. The number of aryl methyl sites for hydroxylation is 1. The van der Waals surface area contributed by atoms with Gasteiger partial charge in [0.2, 0.25) is 11.7 Å². The molecule has 9 heteroatoms. The summed E-state index contributed by atoms with van der Waals surface area (Å²) in [7, 11) is 1.73. The van der Waals surface area contributed by atoms with Crippen molar-refractivity contribution < 1.29 is 4.52 Å². The van der Waals surface area contributed by atoms with Gasteiger partial charge in [-0.15, -0.1) is 11.3 Å². The van der Waals surface area contributed by atoms with Gasteiger partial charge in [0, 0.05) is 41.7 Å². The second-order valence-corrected chi connectivity index (χ2v) is 7.25. The smallest absolute Gasteiger partial charge is 0.228 e. The standard InChI is InChI=1S/C17H19ClN6OS/c1-11-9-21-15(26-11)10-22-17(19-2)20-7-6-14-23-16(24-25-14)12-4-3-5-13(18)8-12/h3-5,8-9H,6-7,10H2,1-2H3,(H2,19,20,22). The number of hydrogen-bond donors (Lipinski definition) is 2. The van der Waals surface area contributed by atoms with Gasteiger partial charge < -0.3 is 15.2 Å². The monoisotopic (exact) mass is 390 g/mol. The first-order valence-corrected chi connectivity index (χ1v) is 9.28. The van der Waals surface area contributed by atoms with Crippen LogP contribution in [0.1, 0.15) is 15.8 Å². The highest BCUT2D eigenvalue weighted by Crippen LogP contribution is 2.19. The summed E-state index contributed by atoms with van der Waals surface area (Å²) in [5.41, 5.74) is 0.830. The van der Waals surface area contributed by atoms with Gasteiger partial charge in [-0.05, 0) is 19.1 Å². The summed E-state index contributed by atoms with van der Waals surface area (Å²) in [6.45, 7) is 3.29. The Bertz CT molecular complexity index is 891. The first-order valence-electron chi connectivity index (χ1n) is 8.08. The third-order valence-electron chi connectivity index (χ3n) is 3.48. The lowest BCUT2D eigenvalue weighted by Gasteiger charge is -2.09. The van der Waals surface area contributed by atoms with E-state index in [1.54, 1.807) is 24.5 Å². The van der Waals surface area contributed by atoms with Gasteiger partial charge in [0.05, 0.1) is 6.54 Å². The number of halogens is 1. The molecule has 2 N–H and O–H groups in total. The highest BCUT2D eigenvalue weighted by Gasteiger charge is 2.09. The quantitative estimate of drug-likeness (QED) is 0.496. The highest BCUT2D eigenvalue weighted by atomic mass is 35.5. The molecular weight excluding hydrogens is 372 g/mol. The fourth-order valence-electron chi connectivity index (χ4n) is 2.25. The number of hydrogen-bond acceptors (Lipinski definition) is 6. The molecule has 2 aromatic heterocycles. The highest BCUT2D eigenvalue weighted by molar-refractivity contribution is 7.11. The van der Waals surface area contributed by atoms with Crippen molar-refractivity contribution in [2.75, 3.05) is 13.6 Å². The molecule has 0 fully saturated rings. The lowest BCUT2D eigenvalue weighted by Crippen LogP contribution is -2.37. The van der Waals surface area contributed by atoms with Gasteiger partial charge >= 0.3 is 0 Å². The summed E-state index contributed by atoms with van der Waals surface area (Å²) in [5, 5.41) is 12.1. The molecule has 1 aromatic carbocycles. The molecule has 136 valence electrons. The Kier molecular flexibility index (Phi) is 6.19. The maximum Gasteiger partial charge on any atom is 0.228 e. The lowest BCUT2D eigenvalue weighted by molar-refractivity contribution is 0.378. The summed E-state index contributed by atoms with van der Waals surface area (Å²) >= 11 is 7.65. The second kappa shape index (κ2) is 8.77. The van der Waals surface area contributed by atoms with Gasteiger partial charge in [-0.25, -0.2) is 4.98 Å². The molecule has 0 aliphatic carbocycles. The number of nitrogens with zero attached hydrogens (tertiary/aromatic N) is 4. The first kappa shape index (κ1) is 18.3. The molecule has 0 saturated carbocycles. The Hall–Kier alpha value is -2.45. The minimum absolute atomic E-state index is 0.532. The molecule has 0 spiro atoms. The Morgan fingerprint density at radius 1 is 1.35 bits per heavy atom. The van der Waals surface area contributed by atoms with Crippen molar-refractivity contribution in [2.24, 2.45) is 4.99 Å². The van der Waals surface area contributed by atoms with E-state index in [4.69, 9.17) is 16.1 Å². The molecule has 0 aliphatic heterocycles. The van der Waals surface area contributed by atoms with Crippen molar-refractivity contribution in [3.63, 3.8) is 0 Å². The molecule has 0 atom stereocenters. The van der Waals surface area contributed by atoms with Crippen LogP contribution in [0.25, 0.3) is 11.4 Å². The van der Waals surface area contributed by atoms with Crippen molar-refractivity contribution in [1.82, 2.24) is 25.8 Å². The zero-order valence-corrected chi connectivity index (χ0v) is 16.1. The molecule has 0 unspecified atom stereocenters. The largest absolute Gasteiger partial charge is 0.356 e. The molecule has 3 aromatic rings. The van der Waals surface area contributed by atoms with Crippen LogP contribution in [0.5, 0.6) is 0 Å². The predicted molar refractivity (Wildman–Crippen MR) is 104 cm³/mol. The Morgan fingerprint density at radius 2 is 2.23 bits per heavy atom. The van der Waals surface area contributed by atoms with Gasteiger partial charge in [-0.2, -0.15) is 4.98 Å². The third kappa shape index (κ3) is 5.03. The number of benzene rings is 1. The Labute approximate surface area is 160 Å². The van der Waals surface area contributed by atoms with Gasteiger partial charge in [-0.1, -0.05) is 28.9 Å². The fraction of sp³-hybridized carbons (Fsp3) is 0.294. The van der Waals surface area contributed by atoms with Crippen molar-refractivity contribution in [2.45, 2.75) is 19.9 Å². The molecule has 26 heavy (non-hydrogen) atoms. The van der Waals surface area contributed by atoms with E-state index < -0.39 is 0 Å². The number of thiazole rings is 1. The number of guanidine groups is 1. The molecular formula is C17H19ClN6OS. The normalized spacial score (nSPS) is 11.6. The van der Waals surface area contributed by atoms with E-state index in [1.165, 1.54) is 4.88 Å². The van der Waals surface area contributed by atoms with Crippen LogP contribution in [0, 0.1) is 6.92 Å². The average Bonchev–Trinajstić information content (AvgIpc) is 3.27. The van der Waals surface area contributed by atoms with E-state index in [-0.39, 0.29) is 0 Å². The van der Waals surface area contributed by atoms with Crippen molar-refractivity contribution in [3.05, 3.63) is 51.3 Å². The third-order valence-corrected chi connectivity index (χ3v) is 4.63. The van der Waals surface area contributed by atoms with Gasteiger partial charge in [0.15, 0.2) is 5.96 Å². The van der Waals surface area contributed by atoms with Crippen molar-refractivity contribution >= 4 is 28.9 Å². The summed E-state index contributed by atoms with van der Waals surface area (Å²) < 4.78 is 5.29. The average molecular weight is 391 g/mol. The van der Waals surface area contributed by atoms with Crippen molar-refractivity contribution in [3.8, 4) is 11.4 Å². The van der Waals surface area contributed by atoms with Crippen LogP contribution in [-0.4, -0.2) is 34.7 Å². The van der Waals surface area contributed by atoms with Crippen molar-refractivity contribution in [1.29, 1.82) is 0 Å². The maximum absolute atomic E-state index is 5.99. The minimum atomic E-state index is 0.532. The SMILES string of the molecule is CN=C(NCCc1nc(-c2cccc(Cl)c2)no1)NCc1ncc(C)s1. The summed E-state index contributed by atoms with van der Waals surface area (Å²) in [6, 6.07) is 7.36.